The molecule has 0 spiro atoms. The average Bonchev–Trinajstić information content (AvgIpc) is 2.66. The maximum Gasteiger partial charge on any atom is 0.246 e. The molecule has 8 heteroatoms. The van der Waals surface area contributed by atoms with Gasteiger partial charge in [-0.3, -0.25) is 4.79 Å². The monoisotopic (exact) mass is 383 g/mol. The lowest BCUT2D eigenvalue weighted by Crippen LogP contribution is -2.45. The smallest absolute Gasteiger partial charge is 0.246 e. The molecule has 148 valence electrons. The summed E-state index contributed by atoms with van der Waals surface area (Å²) < 4.78 is 11.1. The first-order chi connectivity index (χ1) is 13.4. The quantitative estimate of drug-likeness (QED) is 0.820. The molecule has 2 heterocycles. The molecule has 2 aromatic rings. The van der Waals surface area contributed by atoms with Crippen LogP contribution in [0, 0.1) is 6.92 Å². The Morgan fingerprint density at radius 1 is 1.18 bits per heavy atom. The van der Waals surface area contributed by atoms with Gasteiger partial charge in [0.1, 0.15) is 29.3 Å². The van der Waals surface area contributed by atoms with E-state index in [2.05, 4.69) is 20.6 Å². The Morgan fingerprint density at radius 2 is 1.86 bits per heavy atom. The molecule has 1 aliphatic heterocycles. The number of aromatic nitrogens is 2. The van der Waals surface area contributed by atoms with Gasteiger partial charge in [-0.05, 0) is 38.1 Å². The van der Waals surface area contributed by atoms with Crippen LogP contribution >= 0.6 is 0 Å². The fraction of sp³-hybridized carbons (Fsp3) is 0.450. The summed E-state index contributed by atoms with van der Waals surface area (Å²) in [6, 6.07) is 7.62. The van der Waals surface area contributed by atoms with Crippen molar-refractivity contribution < 1.29 is 14.3 Å². The minimum absolute atomic E-state index is 0.0417. The number of aryl methyl sites for hydroxylation is 1. The predicted molar refractivity (Wildman–Crippen MR) is 107 cm³/mol. The zero-order valence-electron chi connectivity index (χ0n) is 16.5. The van der Waals surface area contributed by atoms with Crippen LogP contribution in [0.2, 0.25) is 0 Å². The molecule has 0 unspecified atom stereocenters. The molecule has 0 saturated heterocycles. The maximum atomic E-state index is 12.0. The van der Waals surface area contributed by atoms with Crippen molar-refractivity contribution in [3.8, 4) is 11.5 Å². The minimum atomic E-state index is -0.263. The first kappa shape index (κ1) is 18.3. The minimum Gasteiger partial charge on any atom is -0.497 e. The van der Waals surface area contributed by atoms with E-state index in [0.717, 1.165) is 35.9 Å². The SMILES string of the molecule is COc1ccc(O[C@H]2C[C@H](Nc3nc(C)c4c(n3)N(C)[C@@H](C)C(=O)N4)C2)cc1. The van der Waals surface area contributed by atoms with Crippen molar-refractivity contribution in [1.82, 2.24) is 9.97 Å². The lowest BCUT2D eigenvalue weighted by atomic mass is 9.89. The number of anilines is 3. The van der Waals surface area contributed by atoms with E-state index in [0.29, 0.717) is 11.6 Å². The predicted octanol–water partition coefficient (Wildman–Crippen LogP) is 2.59. The molecule has 28 heavy (non-hydrogen) atoms. The second-order valence-electron chi connectivity index (χ2n) is 7.34. The van der Waals surface area contributed by atoms with Crippen LogP contribution in [-0.2, 0) is 4.79 Å². The van der Waals surface area contributed by atoms with Crippen molar-refractivity contribution >= 4 is 23.4 Å². The van der Waals surface area contributed by atoms with Gasteiger partial charge >= 0.3 is 0 Å². The van der Waals surface area contributed by atoms with Crippen LogP contribution in [0.25, 0.3) is 0 Å². The second-order valence-corrected chi connectivity index (χ2v) is 7.34. The average molecular weight is 383 g/mol. The summed E-state index contributed by atoms with van der Waals surface area (Å²) >= 11 is 0. The van der Waals surface area contributed by atoms with Crippen molar-refractivity contribution in [3.63, 3.8) is 0 Å². The molecule has 1 aromatic heterocycles. The van der Waals surface area contributed by atoms with E-state index in [1.54, 1.807) is 7.11 Å². The number of rotatable bonds is 5. The molecule has 8 nitrogen and oxygen atoms in total. The van der Waals surface area contributed by atoms with E-state index < -0.39 is 0 Å². The lowest BCUT2D eigenvalue weighted by Gasteiger charge is -2.37. The molecule has 1 atom stereocenters. The number of carbonyl (C=O) groups excluding carboxylic acids is 1. The van der Waals surface area contributed by atoms with Crippen LogP contribution < -0.4 is 25.0 Å². The van der Waals surface area contributed by atoms with Gasteiger partial charge in [0.2, 0.25) is 11.9 Å². The third-order valence-corrected chi connectivity index (χ3v) is 5.40. The van der Waals surface area contributed by atoms with Gasteiger partial charge in [-0.25, -0.2) is 4.98 Å². The first-order valence-electron chi connectivity index (χ1n) is 9.44. The highest BCUT2D eigenvalue weighted by Crippen LogP contribution is 2.34. The number of nitrogens with one attached hydrogen (secondary N) is 2. The number of hydrogen-bond donors (Lipinski definition) is 2. The number of carbonyl (C=O) groups is 1. The molecule has 0 bridgehead atoms. The first-order valence-corrected chi connectivity index (χ1v) is 9.44. The highest BCUT2D eigenvalue weighted by molar-refractivity contribution is 6.03. The number of nitrogens with zero attached hydrogens (tertiary/aromatic N) is 3. The number of hydrogen-bond acceptors (Lipinski definition) is 7. The molecule has 1 amide bonds. The van der Waals surface area contributed by atoms with Gasteiger partial charge in [0.05, 0.1) is 12.8 Å². The summed E-state index contributed by atoms with van der Waals surface area (Å²) in [6.45, 7) is 3.74. The summed E-state index contributed by atoms with van der Waals surface area (Å²) in [4.78, 5) is 23.0. The highest BCUT2D eigenvalue weighted by atomic mass is 16.5. The molecule has 4 rings (SSSR count). The molecular weight excluding hydrogens is 358 g/mol. The number of benzene rings is 1. The molecule has 2 aliphatic rings. The van der Waals surface area contributed by atoms with Gasteiger partial charge in [0, 0.05) is 25.9 Å². The summed E-state index contributed by atoms with van der Waals surface area (Å²) in [5, 5.41) is 6.29. The van der Waals surface area contributed by atoms with Crippen molar-refractivity contribution in [2.24, 2.45) is 0 Å². The number of ether oxygens (including phenoxy) is 2. The van der Waals surface area contributed by atoms with E-state index in [1.807, 2.05) is 50.1 Å². The van der Waals surface area contributed by atoms with Crippen LogP contribution in [0.15, 0.2) is 24.3 Å². The van der Waals surface area contributed by atoms with Gasteiger partial charge < -0.3 is 25.0 Å². The van der Waals surface area contributed by atoms with E-state index >= 15 is 0 Å². The fourth-order valence-corrected chi connectivity index (χ4v) is 3.42. The third-order valence-electron chi connectivity index (χ3n) is 5.40. The summed E-state index contributed by atoms with van der Waals surface area (Å²) in [5.41, 5.74) is 1.44. The summed E-state index contributed by atoms with van der Waals surface area (Å²) in [7, 11) is 3.52. The molecule has 1 aromatic carbocycles. The third kappa shape index (κ3) is 3.42. The topological polar surface area (TPSA) is 88.6 Å². The summed E-state index contributed by atoms with van der Waals surface area (Å²) in [6.07, 6.45) is 1.94. The zero-order chi connectivity index (χ0) is 19.8. The Kier molecular flexibility index (Phi) is 4.70. The van der Waals surface area contributed by atoms with Gasteiger partial charge in [0.15, 0.2) is 5.82 Å². The van der Waals surface area contributed by atoms with Crippen molar-refractivity contribution in [3.05, 3.63) is 30.0 Å². The van der Waals surface area contributed by atoms with Gasteiger partial charge in [-0.2, -0.15) is 4.98 Å². The van der Waals surface area contributed by atoms with Crippen molar-refractivity contribution in [1.29, 1.82) is 0 Å². The Bertz CT molecular complexity index is 880. The lowest BCUT2D eigenvalue weighted by molar-refractivity contribution is -0.117. The Balaban J connectivity index is 1.37. The van der Waals surface area contributed by atoms with E-state index in [-0.39, 0.29) is 24.1 Å². The number of amides is 1. The van der Waals surface area contributed by atoms with Gasteiger partial charge in [-0.15, -0.1) is 0 Å². The Hall–Kier alpha value is -3.03. The van der Waals surface area contributed by atoms with Crippen LogP contribution in [0.4, 0.5) is 17.5 Å². The normalized spacial score (nSPS) is 23.4. The summed E-state index contributed by atoms with van der Waals surface area (Å²) in [5.74, 6) is 2.94. The second kappa shape index (κ2) is 7.18. The molecule has 2 N–H and O–H groups in total. The van der Waals surface area contributed by atoms with Gasteiger partial charge in [0.25, 0.3) is 0 Å². The largest absolute Gasteiger partial charge is 0.497 e. The van der Waals surface area contributed by atoms with Crippen molar-refractivity contribution in [2.45, 2.75) is 44.9 Å². The fourth-order valence-electron chi connectivity index (χ4n) is 3.42. The van der Waals surface area contributed by atoms with E-state index in [1.165, 1.54) is 0 Å². The highest BCUT2D eigenvalue weighted by Gasteiger charge is 2.33. The van der Waals surface area contributed by atoms with E-state index in [9.17, 15) is 4.79 Å². The zero-order valence-corrected chi connectivity index (χ0v) is 16.5. The van der Waals surface area contributed by atoms with Crippen LogP contribution in [0.5, 0.6) is 11.5 Å². The molecular formula is C20H25N5O3. The Labute approximate surface area is 164 Å². The molecule has 0 radical (unpaired) electrons. The standard InChI is InChI=1S/C20H25N5O3/c1-11-17-18(25(3)12(2)19(26)23-17)24-20(21-11)22-13-9-16(10-13)28-15-7-5-14(27-4)6-8-15/h5-8,12-13,16H,9-10H2,1-4H3,(H,23,26)(H,21,22,24)/t12-,13-,16-/m0/s1. The number of methoxy groups -OCH3 is 1. The van der Waals surface area contributed by atoms with E-state index in [4.69, 9.17) is 9.47 Å². The van der Waals surface area contributed by atoms with Crippen molar-refractivity contribution in [2.75, 3.05) is 29.7 Å². The van der Waals surface area contributed by atoms with Crippen LogP contribution in [0.3, 0.4) is 0 Å². The van der Waals surface area contributed by atoms with Crippen LogP contribution in [0.1, 0.15) is 25.5 Å². The van der Waals surface area contributed by atoms with Gasteiger partial charge in [-0.1, -0.05) is 0 Å². The molecule has 1 aliphatic carbocycles. The van der Waals surface area contributed by atoms with Crippen LogP contribution in [-0.4, -0.2) is 48.2 Å². The maximum absolute atomic E-state index is 12.0. The molecule has 1 fully saturated rings. The number of likely N-dealkylation sites (N-methyl/N-ethyl adjacent to an activating group) is 1. The molecule has 1 saturated carbocycles. The Morgan fingerprint density at radius 3 is 2.54 bits per heavy atom. The number of fused-ring (bicyclic) bond motifs is 1.